The highest BCUT2D eigenvalue weighted by Crippen LogP contribution is 2.26. The Hall–Kier alpha value is -1.81. The van der Waals surface area contributed by atoms with Crippen LogP contribution in [0, 0.1) is 0 Å². The maximum Gasteiger partial charge on any atom is 0.356 e. The first-order valence-electron chi connectivity index (χ1n) is 5.89. The number of carbonyl (C=O) groups is 1. The number of benzene rings is 1. The van der Waals surface area contributed by atoms with Crippen molar-refractivity contribution in [3.8, 4) is 5.69 Å². The maximum atomic E-state index is 11.1. The van der Waals surface area contributed by atoms with Crippen LogP contribution < -0.4 is 0 Å². The molecule has 0 aliphatic rings. The van der Waals surface area contributed by atoms with Crippen LogP contribution in [0.25, 0.3) is 5.69 Å². The van der Waals surface area contributed by atoms with Gasteiger partial charge in [-0.15, -0.1) is 0 Å². The van der Waals surface area contributed by atoms with Crippen LogP contribution in [-0.4, -0.2) is 20.9 Å². The third kappa shape index (κ3) is 2.79. The summed E-state index contributed by atoms with van der Waals surface area (Å²) in [5, 5.41) is 13.8. The maximum absolute atomic E-state index is 11.1. The summed E-state index contributed by atoms with van der Waals surface area (Å²) in [6, 6.07) is 8.79. The minimum Gasteiger partial charge on any atom is -0.476 e. The average molecular weight is 279 g/mol. The lowest BCUT2D eigenvalue weighted by Crippen LogP contribution is -2.17. The van der Waals surface area contributed by atoms with Gasteiger partial charge in [-0.05, 0) is 24.3 Å². The van der Waals surface area contributed by atoms with Crippen molar-refractivity contribution in [3.05, 3.63) is 46.7 Å². The number of carboxylic acid groups (broad SMARTS) is 1. The Morgan fingerprint density at radius 1 is 1.32 bits per heavy atom. The Balaban J connectivity index is 2.64. The molecule has 0 aliphatic carbocycles. The van der Waals surface area contributed by atoms with E-state index in [1.54, 1.807) is 22.9 Å². The minimum absolute atomic E-state index is 0.0323. The fourth-order valence-electron chi connectivity index (χ4n) is 1.82. The predicted molar refractivity (Wildman–Crippen MR) is 74.2 cm³/mol. The van der Waals surface area contributed by atoms with Gasteiger partial charge >= 0.3 is 5.97 Å². The van der Waals surface area contributed by atoms with E-state index in [1.165, 1.54) is 0 Å². The monoisotopic (exact) mass is 278 g/mol. The molecule has 1 N–H and O–H groups in total. The van der Waals surface area contributed by atoms with Crippen LogP contribution in [-0.2, 0) is 5.41 Å². The molecular formula is C14H15ClN2O2. The number of hydrogen-bond acceptors (Lipinski definition) is 2. The summed E-state index contributed by atoms with van der Waals surface area (Å²) in [7, 11) is 0. The topological polar surface area (TPSA) is 55.1 Å². The lowest BCUT2D eigenvalue weighted by Gasteiger charge is -2.20. The molecule has 19 heavy (non-hydrogen) atoms. The van der Waals surface area contributed by atoms with E-state index in [9.17, 15) is 4.79 Å². The van der Waals surface area contributed by atoms with Crippen LogP contribution in [0.1, 0.15) is 37.0 Å². The fourth-order valence-corrected chi connectivity index (χ4v) is 2.01. The lowest BCUT2D eigenvalue weighted by atomic mass is 9.91. The Morgan fingerprint density at radius 2 is 2.00 bits per heavy atom. The predicted octanol–water partition coefficient (Wildman–Crippen LogP) is 3.52. The van der Waals surface area contributed by atoms with Gasteiger partial charge in [-0.2, -0.15) is 5.10 Å². The molecule has 0 atom stereocenters. The van der Waals surface area contributed by atoms with Crippen LogP contribution in [0.2, 0.25) is 5.02 Å². The summed E-state index contributed by atoms with van der Waals surface area (Å²) in [6.45, 7) is 6.03. The second kappa shape index (κ2) is 4.70. The normalized spacial score (nSPS) is 11.6. The molecule has 4 nitrogen and oxygen atoms in total. The summed E-state index contributed by atoms with van der Waals surface area (Å²) < 4.78 is 1.63. The highest BCUT2D eigenvalue weighted by atomic mass is 35.5. The van der Waals surface area contributed by atoms with E-state index in [-0.39, 0.29) is 11.1 Å². The van der Waals surface area contributed by atoms with Crippen molar-refractivity contribution in [1.29, 1.82) is 0 Å². The van der Waals surface area contributed by atoms with Gasteiger partial charge in [0.2, 0.25) is 0 Å². The number of carboxylic acids is 1. The standard InChI is InChI=1S/C14H15ClN2O2/c1-14(2,3)12-8-11(13(18)19)16-17(12)10-6-4-5-9(15)7-10/h4-8H,1-3H3,(H,18,19). The number of halogens is 1. The second-order valence-corrected chi connectivity index (χ2v) is 5.80. The van der Waals surface area contributed by atoms with Crippen LogP contribution in [0.4, 0.5) is 0 Å². The highest BCUT2D eigenvalue weighted by Gasteiger charge is 2.23. The van der Waals surface area contributed by atoms with Gasteiger partial charge in [0, 0.05) is 10.4 Å². The van der Waals surface area contributed by atoms with Gasteiger partial charge in [0.1, 0.15) is 0 Å². The van der Waals surface area contributed by atoms with Gasteiger partial charge < -0.3 is 5.11 Å². The third-order valence-electron chi connectivity index (χ3n) is 2.75. The molecule has 2 aromatic rings. The van der Waals surface area contributed by atoms with Gasteiger partial charge in [0.15, 0.2) is 5.69 Å². The van der Waals surface area contributed by atoms with E-state index in [2.05, 4.69) is 5.10 Å². The number of rotatable bonds is 2. The van der Waals surface area contributed by atoms with Gasteiger partial charge in [0.05, 0.1) is 11.4 Å². The molecule has 0 radical (unpaired) electrons. The van der Waals surface area contributed by atoms with Crippen molar-refractivity contribution in [1.82, 2.24) is 9.78 Å². The first-order valence-corrected chi connectivity index (χ1v) is 6.26. The molecule has 0 saturated carbocycles. The molecule has 100 valence electrons. The second-order valence-electron chi connectivity index (χ2n) is 5.36. The van der Waals surface area contributed by atoms with Crippen molar-refractivity contribution in [2.75, 3.05) is 0 Å². The van der Waals surface area contributed by atoms with Crippen LogP contribution >= 0.6 is 11.6 Å². The van der Waals surface area contributed by atoms with E-state index in [1.807, 2.05) is 32.9 Å². The Labute approximate surface area is 116 Å². The van der Waals surface area contributed by atoms with Crippen molar-refractivity contribution in [3.63, 3.8) is 0 Å². The Morgan fingerprint density at radius 3 is 2.53 bits per heavy atom. The molecule has 1 heterocycles. The van der Waals surface area contributed by atoms with Gasteiger partial charge in [0.25, 0.3) is 0 Å². The van der Waals surface area contributed by atoms with E-state index in [0.29, 0.717) is 5.02 Å². The van der Waals surface area contributed by atoms with Crippen LogP contribution in [0.3, 0.4) is 0 Å². The molecule has 0 amide bonds. The van der Waals surface area contributed by atoms with Gasteiger partial charge in [-0.25, -0.2) is 9.48 Å². The highest BCUT2D eigenvalue weighted by molar-refractivity contribution is 6.30. The number of aromatic nitrogens is 2. The molecule has 2 rings (SSSR count). The summed E-state index contributed by atoms with van der Waals surface area (Å²) >= 11 is 5.97. The molecule has 1 aromatic carbocycles. The molecule has 0 unspecified atom stereocenters. The zero-order valence-electron chi connectivity index (χ0n) is 11.0. The third-order valence-corrected chi connectivity index (χ3v) is 2.98. The largest absolute Gasteiger partial charge is 0.476 e. The Kier molecular flexibility index (Phi) is 3.37. The van der Waals surface area contributed by atoms with Crippen LogP contribution in [0.15, 0.2) is 30.3 Å². The number of nitrogens with zero attached hydrogens (tertiary/aromatic N) is 2. The Bertz CT molecular complexity index is 627. The van der Waals surface area contributed by atoms with Crippen LogP contribution in [0.5, 0.6) is 0 Å². The zero-order chi connectivity index (χ0) is 14.2. The SMILES string of the molecule is CC(C)(C)c1cc(C(=O)O)nn1-c1cccc(Cl)c1. The minimum atomic E-state index is -1.04. The molecule has 1 aromatic heterocycles. The van der Waals surface area contributed by atoms with E-state index in [4.69, 9.17) is 16.7 Å². The lowest BCUT2D eigenvalue weighted by molar-refractivity contribution is 0.0690. The first kappa shape index (κ1) is 13.6. The van der Waals surface area contributed by atoms with E-state index < -0.39 is 5.97 Å². The number of aromatic carboxylic acids is 1. The molecule has 5 heteroatoms. The summed E-state index contributed by atoms with van der Waals surface area (Å²) in [5.74, 6) is -1.04. The molecule has 0 spiro atoms. The molecule has 0 bridgehead atoms. The molecular weight excluding hydrogens is 264 g/mol. The smallest absolute Gasteiger partial charge is 0.356 e. The fraction of sp³-hybridized carbons (Fsp3) is 0.286. The van der Waals surface area contributed by atoms with Gasteiger partial charge in [-0.3, -0.25) is 0 Å². The van der Waals surface area contributed by atoms with Crippen molar-refractivity contribution >= 4 is 17.6 Å². The molecule has 0 aliphatic heterocycles. The van der Waals surface area contributed by atoms with Gasteiger partial charge in [-0.1, -0.05) is 38.4 Å². The van der Waals surface area contributed by atoms with E-state index >= 15 is 0 Å². The molecule has 0 fully saturated rings. The van der Waals surface area contributed by atoms with E-state index in [0.717, 1.165) is 11.4 Å². The first-order chi connectivity index (χ1) is 8.79. The van der Waals surface area contributed by atoms with Crippen molar-refractivity contribution in [2.45, 2.75) is 26.2 Å². The summed E-state index contributed by atoms with van der Waals surface area (Å²) in [6.07, 6.45) is 0. The summed E-state index contributed by atoms with van der Waals surface area (Å²) in [4.78, 5) is 11.1. The summed E-state index contributed by atoms with van der Waals surface area (Å²) in [5.41, 5.74) is 1.39. The average Bonchev–Trinajstić information content (AvgIpc) is 2.73. The van der Waals surface area contributed by atoms with Crippen molar-refractivity contribution < 1.29 is 9.90 Å². The molecule has 0 saturated heterocycles. The van der Waals surface area contributed by atoms with Crippen molar-refractivity contribution in [2.24, 2.45) is 0 Å². The number of hydrogen-bond donors (Lipinski definition) is 1. The quantitative estimate of drug-likeness (QED) is 0.914. The zero-order valence-corrected chi connectivity index (χ0v) is 11.8.